The maximum absolute atomic E-state index is 12.4. The summed E-state index contributed by atoms with van der Waals surface area (Å²) in [6.45, 7) is 3.76. The number of fused-ring (bicyclic) bond motifs is 1. The number of rotatable bonds is 3. The van der Waals surface area contributed by atoms with E-state index in [1.807, 2.05) is 37.3 Å². The van der Waals surface area contributed by atoms with Crippen molar-refractivity contribution in [2.45, 2.75) is 25.9 Å². The summed E-state index contributed by atoms with van der Waals surface area (Å²) in [5.74, 6) is 0.0561. The first-order valence-corrected chi connectivity index (χ1v) is 7.41. The number of amides is 1. The first-order valence-electron chi connectivity index (χ1n) is 7.41. The smallest absolute Gasteiger partial charge is 0.241 e. The van der Waals surface area contributed by atoms with Crippen LogP contribution in [-0.4, -0.2) is 23.4 Å². The van der Waals surface area contributed by atoms with Crippen molar-refractivity contribution in [3.05, 3.63) is 65.7 Å². The second kappa shape index (κ2) is 6.10. The number of hydrogen-bond donors (Lipinski definition) is 1. The van der Waals surface area contributed by atoms with E-state index in [-0.39, 0.29) is 11.9 Å². The van der Waals surface area contributed by atoms with Gasteiger partial charge in [0.15, 0.2) is 0 Å². The van der Waals surface area contributed by atoms with Gasteiger partial charge in [-0.25, -0.2) is 0 Å². The van der Waals surface area contributed by atoms with Gasteiger partial charge in [-0.15, -0.1) is 0 Å². The Labute approximate surface area is 125 Å². The van der Waals surface area contributed by atoms with Crippen LogP contribution >= 0.6 is 0 Å². The first-order chi connectivity index (χ1) is 10.2. The molecule has 21 heavy (non-hydrogen) atoms. The molecule has 3 heteroatoms. The fourth-order valence-corrected chi connectivity index (χ4v) is 2.78. The van der Waals surface area contributed by atoms with E-state index in [2.05, 4.69) is 34.5 Å². The number of anilines is 1. The summed E-state index contributed by atoms with van der Waals surface area (Å²) in [4.78, 5) is 14.6. The van der Waals surface area contributed by atoms with Crippen LogP contribution in [0.15, 0.2) is 54.6 Å². The maximum Gasteiger partial charge on any atom is 0.241 e. The van der Waals surface area contributed by atoms with Gasteiger partial charge in [-0.1, -0.05) is 42.5 Å². The molecule has 1 aliphatic rings. The van der Waals surface area contributed by atoms with E-state index in [1.54, 1.807) is 0 Å². The van der Waals surface area contributed by atoms with Crippen molar-refractivity contribution in [2.75, 3.05) is 11.9 Å². The fourth-order valence-electron chi connectivity index (χ4n) is 2.78. The summed E-state index contributed by atoms with van der Waals surface area (Å²) in [5, 5.41) is 2.98. The average Bonchev–Trinajstić information content (AvgIpc) is 2.54. The van der Waals surface area contributed by atoms with Crippen LogP contribution < -0.4 is 5.32 Å². The minimum Gasteiger partial charge on any atom is -0.325 e. The van der Waals surface area contributed by atoms with E-state index in [9.17, 15) is 4.79 Å². The molecule has 0 saturated heterocycles. The van der Waals surface area contributed by atoms with Crippen molar-refractivity contribution < 1.29 is 4.79 Å². The predicted octanol–water partition coefficient (Wildman–Crippen LogP) is 3.07. The molecule has 0 fully saturated rings. The molecule has 108 valence electrons. The van der Waals surface area contributed by atoms with Crippen molar-refractivity contribution in [1.82, 2.24) is 4.90 Å². The molecule has 3 rings (SSSR count). The number of carbonyl (C=O) groups is 1. The van der Waals surface area contributed by atoms with E-state index in [0.29, 0.717) is 0 Å². The highest BCUT2D eigenvalue weighted by molar-refractivity contribution is 5.94. The molecule has 0 radical (unpaired) electrons. The SMILES string of the molecule is C[C@H](C(=O)Nc1ccccc1)N1CCc2ccccc2C1. The van der Waals surface area contributed by atoms with Gasteiger partial charge in [0.25, 0.3) is 0 Å². The van der Waals surface area contributed by atoms with E-state index < -0.39 is 0 Å². The van der Waals surface area contributed by atoms with Crippen LogP contribution in [0.25, 0.3) is 0 Å². The Morgan fingerprint density at radius 2 is 1.71 bits per heavy atom. The van der Waals surface area contributed by atoms with Crippen molar-refractivity contribution >= 4 is 11.6 Å². The Kier molecular flexibility index (Phi) is 4.02. The topological polar surface area (TPSA) is 32.3 Å². The molecule has 2 aromatic rings. The lowest BCUT2D eigenvalue weighted by atomic mass is 9.99. The second-order valence-corrected chi connectivity index (χ2v) is 5.52. The zero-order chi connectivity index (χ0) is 14.7. The minimum absolute atomic E-state index is 0.0561. The monoisotopic (exact) mass is 280 g/mol. The van der Waals surface area contributed by atoms with Crippen LogP contribution in [-0.2, 0) is 17.8 Å². The molecule has 3 nitrogen and oxygen atoms in total. The lowest BCUT2D eigenvalue weighted by Crippen LogP contribution is -2.44. The number of benzene rings is 2. The Balaban J connectivity index is 1.66. The molecule has 1 amide bonds. The Morgan fingerprint density at radius 1 is 1.05 bits per heavy atom. The van der Waals surface area contributed by atoms with Crippen LogP contribution in [0.2, 0.25) is 0 Å². The minimum atomic E-state index is -0.126. The zero-order valence-electron chi connectivity index (χ0n) is 12.3. The molecule has 0 aromatic heterocycles. The number of hydrogen-bond acceptors (Lipinski definition) is 2. The van der Waals surface area contributed by atoms with Crippen molar-refractivity contribution in [1.29, 1.82) is 0 Å². The molecule has 1 heterocycles. The molecule has 0 saturated carbocycles. The normalized spacial score (nSPS) is 16.0. The van der Waals surface area contributed by atoms with Crippen LogP contribution in [0.1, 0.15) is 18.1 Å². The van der Waals surface area contributed by atoms with Crippen LogP contribution in [0.4, 0.5) is 5.69 Å². The van der Waals surface area contributed by atoms with Gasteiger partial charge in [0, 0.05) is 18.8 Å². The van der Waals surface area contributed by atoms with Crippen LogP contribution in [0, 0.1) is 0 Å². The first kappa shape index (κ1) is 13.8. The van der Waals surface area contributed by atoms with Crippen molar-refractivity contribution in [3.63, 3.8) is 0 Å². The number of para-hydroxylation sites is 1. The highest BCUT2D eigenvalue weighted by Crippen LogP contribution is 2.20. The lowest BCUT2D eigenvalue weighted by Gasteiger charge is -2.32. The van der Waals surface area contributed by atoms with E-state index in [0.717, 1.165) is 25.2 Å². The van der Waals surface area contributed by atoms with Crippen molar-refractivity contribution in [2.24, 2.45) is 0 Å². The fraction of sp³-hybridized carbons (Fsp3) is 0.278. The van der Waals surface area contributed by atoms with Gasteiger partial charge >= 0.3 is 0 Å². The average molecular weight is 280 g/mol. The summed E-state index contributed by atoms with van der Waals surface area (Å²) in [6, 6.07) is 18.0. The maximum atomic E-state index is 12.4. The van der Waals surface area contributed by atoms with Gasteiger partial charge in [-0.05, 0) is 36.6 Å². The number of carbonyl (C=O) groups excluding carboxylic acids is 1. The van der Waals surface area contributed by atoms with Gasteiger partial charge in [0.1, 0.15) is 0 Å². The van der Waals surface area contributed by atoms with Gasteiger partial charge < -0.3 is 5.32 Å². The van der Waals surface area contributed by atoms with E-state index >= 15 is 0 Å². The molecule has 1 aliphatic heterocycles. The Bertz CT molecular complexity index is 624. The van der Waals surface area contributed by atoms with E-state index in [1.165, 1.54) is 11.1 Å². The largest absolute Gasteiger partial charge is 0.325 e. The Hall–Kier alpha value is -2.13. The van der Waals surface area contributed by atoms with Crippen LogP contribution in [0.3, 0.4) is 0 Å². The predicted molar refractivity (Wildman–Crippen MR) is 85.1 cm³/mol. The quantitative estimate of drug-likeness (QED) is 0.937. The molecule has 2 aromatic carbocycles. The Morgan fingerprint density at radius 3 is 2.48 bits per heavy atom. The van der Waals surface area contributed by atoms with Gasteiger partial charge in [-0.3, -0.25) is 9.69 Å². The van der Waals surface area contributed by atoms with E-state index in [4.69, 9.17) is 0 Å². The summed E-state index contributed by atoms with van der Waals surface area (Å²) < 4.78 is 0. The van der Waals surface area contributed by atoms with Crippen LogP contribution in [0.5, 0.6) is 0 Å². The molecule has 0 spiro atoms. The number of nitrogens with zero attached hydrogens (tertiary/aromatic N) is 1. The number of nitrogens with one attached hydrogen (secondary N) is 1. The molecule has 0 aliphatic carbocycles. The summed E-state index contributed by atoms with van der Waals surface area (Å²) in [7, 11) is 0. The van der Waals surface area contributed by atoms with Crippen molar-refractivity contribution in [3.8, 4) is 0 Å². The molecule has 1 N–H and O–H groups in total. The summed E-state index contributed by atoms with van der Waals surface area (Å²) >= 11 is 0. The summed E-state index contributed by atoms with van der Waals surface area (Å²) in [5.41, 5.74) is 3.60. The third-order valence-corrected chi connectivity index (χ3v) is 4.13. The third-order valence-electron chi connectivity index (χ3n) is 4.13. The summed E-state index contributed by atoms with van der Waals surface area (Å²) in [6.07, 6.45) is 1.01. The molecular formula is C18H20N2O. The third kappa shape index (κ3) is 3.14. The standard InChI is InChI=1S/C18H20N2O/c1-14(18(21)19-17-9-3-2-4-10-17)20-12-11-15-7-5-6-8-16(15)13-20/h2-10,14H,11-13H2,1H3,(H,19,21)/t14-/m1/s1. The van der Waals surface area contributed by atoms with Gasteiger partial charge in [0.05, 0.1) is 6.04 Å². The highest BCUT2D eigenvalue weighted by Gasteiger charge is 2.25. The molecule has 1 atom stereocenters. The van der Waals surface area contributed by atoms with Gasteiger partial charge in [-0.2, -0.15) is 0 Å². The second-order valence-electron chi connectivity index (χ2n) is 5.52. The molecular weight excluding hydrogens is 260 g/mol. The van der Waals surface area contributed by atoms with Gasteiger partial charge in [0.2, 0.25) is 5.91 Å². The zero-order valence-corrected chi connectivity index (χ0v) is 12.3. The lowest BCUT2D eigenvalue weighted by molar-refractivity contribution is -0.121. The molecule has 0 unspecified atom stereocenters. The molecule has 0 bridgehead atoms. The highest BCUT2D eigenvalue weighted by atomic mass is 16.2.